The molecule has 0 unspecified atom stereocenters. The van der Waals surface area contributed by atoms with Crippen LogP contribution in [0.3, 0.4) is 0 Å². The van der Waals surface area contributed by atoms with Gasteiger partial charge >= 0.3 is 35.8 Å². The molecule has 12 heteroatoms. The summed E-state index contributed by atoms with van der Waals surface area (Å²) in [5.41, 5.74) is 0. The van der Waals surface area contributed by atoms with Crippen LogP contribution in [-0.2, 0) is 28.8 Å². The van der Waals surface area contributed by atoms with Crippen molar-refractivity contribution in [3.63, 3.8) is 0 Å². The van der Waals surface area contributed by atoms with Crippen molar-refractivity contribution in [1.82, 2.24) is 0 Å². The molecule has 0 heterocycles. The first kappa shape index (κ1) is 27.2. The van der Waals surface area contributed by atoms with Gasteiger partial charge in [-0.15, -0.1) is 0 Å². The molecule has 0 saturated carbocycles. The number of carboxylic acids is 6. The van der Waals surface area contributed by atoms with Gasteiger partial charge in [-0.2, -0.15) is 0 Å². The van der Waals surface area contributed by atoms with Gasteiger partial charge in [-0.25, -0.2) is 0 Å². The highest BCUT2D eigenvalue weighted by molar-refractivity contribution is 5.89. The van der Waals surface area contributed by atoms with Crippen LogP contribution in [0.2, 0.25) is 0 Å². The number of rotatable bonds is 6. The van der Waals surface area contributed by atoms with Gasteiger partial charge in [0.2, 0.25) is 0 Å². The molecule has 0 radical (unpaired) electrons. The van der Waals surface area contributed by atoms with E-state index in [0.29, 0.717) is 0 Å². The highest BCUT2D eigenvalue weighted by Gasteiger charge is 2.02. The van der Waals surface area contributed by atoms with E-state index < -0.39 is 55.1 Å². The zero-order chi connectivity index (χ0) is 17.6. The van der Waals surface area contributed by atoms with E-state index in [1.807, 2.05) is 0 Å². The van der Waals surface area contributed by atoms with E-state index in [9.17, 15) is 28.8 Å². The zero-order valence-corrected chi connectivity index (χ0v) is 10.3. The van der Waals surface area contributed by atoms with Crippen molar-refractivity contribution < 1.29 is 59.4 Å². The molecular formula is C10H16O12. The lowest BCUT2D eigenvalue weighted by Gasteiger charge is -1.80. The zero-order valence-electron chi connectivity index (χ0n) is 10.3. The van der Waals surface area contributed by atoms with Crippen molar-refractivity contribution >= 4 is 35.8 Å². The summed E-state index contributed by atoms with van der Waals surface area (Å²) in [6.45, 7) is 0. The van der Waals surface area contributed by atoms with Crippen LogP contribution in [0.5, 0.6) is 0 Å². The number of hydrogen-bond acceptors (Lipinski definition) is 6. The van der Waals surface area contributed by atoms with Gasteiger partial charge in [-0.1, -0.05) is 7.43 Å². The maximum atomic E-state index is 9.43. The second-order valence-corrected chi connectivity index (χ2v) is 2.89. The molecule has 0 atom stereocenters. The van der Waals surface area contributed by atoms with Crippen LogP contribution >= 0.6 is 0 Å². The number of aliphatic carboxylic acids is 6. The van der Waals surface area contributed by atoms with E-state index in [4.69, 9.17) is 30.6 Å². The Morgan fingerprint density at radius 1 is 0.409 bits per heavy atom. The van der Waals surface area contributed by atoms with Crippen LogP contribution in [-0.4, -0.2) is 66.5 Å². The summed E-state index contributed by atoms with van der Waals surface area (Å²) in [6.07, 6.45) is -2.42. The molecule has 0 saturated heterocycles. The molecule has 0 bridgehead atoms. The van der Waals surface area contributed by atoms with Crippen LogP contribution in [0.1, 0.15) is 26.7 Å². The molecule has 128 valence electrons. The number of carboxylic acid groups (broad SMARTS) is 6. The van der Waals surface area contributed by atoms with Gasteiger partial charge in [0.15, 0.2) is 0 Å². The van der Waals surface area contributed by atoms with Gasteiger partial charge in [0.1, 0.15) is 19.3 Å². The van der Waals surface area contributed by atoms with Crippen molar-refractivity contribution in [2.24, 2.45) is 0 Å². The molecule has 0 spiro atoms. The third-order valence-electron chi connectivity index (χ3n) is 0.907. The normalized spacial score (nSPS) is 7.64. The number of carbonyl (C=O) groups is 6. The van der Waals surface area contributed by atoms with Gasteiger partial charge in [0.05, 0.1) is 0 Å². The van der Waals surface area contributed by atoms with E-state index in [1.165, 1.54) is 0 Å². The Morgan fingerprint density at radius 3 is 0.500 bits per heavy atom. The van der Waals surface area contributed by atoms with Crippen LogP contribution in [0, 0.1) is 0 Å². The smallest absolute Gasteiger partial charge is 0.314 e. The van der Waals surface area contributed by atoms with Gasteiger partial charge < -0.3 is 30.6 Å². The van der Waals surface area contributed by atoms with Crippen molar-refractivity contribution in [3.8, 4) is 0 Å². The summed E-state index contributed by atoms with van der Waals surface area (Å²) in [4.78, 5) is 56.6. The fourth-order valence-corrected chi connectivity index (χ4v) is 0.388. The summed E-state index contributed by atoms with van der Waals surface area (Å²) in [7, 11) is 0. The Balaban J connectivity index is -0.000000108. The molecule has 0 aromatic heterocycles. The molecule has 0 aromatic rings. The average molecular weight is 328 g/mol. The quantitative estimate of drug-likeness (QED) is 0.332. The summed E-state index contributed by atoms with van der Waals surface area (Å²) in [6, 6.07) is 0. The van der Waals surface area contributed by atoms with E-state index in [0.717, 1.165) is 0 Å². The number of hydrogen-bond donors (Lipinski definition) is 6. The maximum absolute atomic E-state index is 9.43. The summed E-state index contributed by atoms with van der Waals surface area (Å²) >= 11 is 0. The molecular weight excluding hydrogens is 312 g/mol. The first-order valence-corrected chi connectivity index (χ1v) is 4.69. The lowest BCUT2D eigenvalue weighted by Crippen LogP contribution is -2.03. The highest BCUT2D eigenvalue weighted by Crippen LogP contribution is 1.75. The third kappa shape index (κ3) is 54.1. The predicted octanol–water partition coefficient (Wildman–Crippen LogP) is -0.727. The van der Waals surface area contributed by atoms with E-state index in [-0.39, 0.29) is 7.43 Å². The van der Waals surface area contributed by atoms with Crippen LogP contribution in [0.4, 0.5) is 0 Å². The second kappa shape index (κ2) is 15.9. The molecule has 0 rings (SSSR count). The Bertz CT molecular complexity index is 312. The Kier molecular flexibility index (Phi) is 19.6. The fraction of sp³-hybridized carbons (Fsp3) is 0.400. The SMILES string of the molecule is C.O=C(O)CC(=O)O.O=C(O)CC(=O)O.O=C(O)CC(=O)O. The summed E-state index contributed by atoms with van der Waals surface area (Å²) in [5, 5.41) is 46.2. The molecule has 0 amide bonds. The third-order valence-corrected chi connectivity index (χ3v) is 0.907. The topological polar surface area (TPSA) is 224 Å². The Labute approximate surface area is 123 Å². The molecule has 0 fully saturated rings. The second-order valence-electron chi connectivity index (χ2n) is 2.89. The Hall–Kier alpha value is -3.18. The van der Waals surface area contributed by atoms with Crippen LogP contribution in [0.15, 0.2) is 0 Å². The Morgan fingerprint density at radius 2 is 0.500 bits per heavy atom. The first-order valence-electron chi connectivity index (χ1n) is 4.69. The van der Waals surface area contributed by atoms with Crippen molar-refractivity contribution in [2.75, 3.05) is 0 Å². The standard InChI is InChI=1S/3C3H4O4.CH4/c3*4-2(5)1-3(6)7;/h3*1H2,(H,4,5)(H,6,7);1H4. The minimum absolute atomic E-state index is 0. The largest absolute Gasteiger partial charge is 0.481 e. The van der Waals surface area contributed by atoms with Gasteiger partial charge in [-0.3, -0.25) is 28.8 Å². The van der Waals surface area contributed by atoms with E-state index in [2.05, 4.69) is 0 Å². The lowest BCUT2D eigenvalue weighted by atomic mass is 10.5. The molecule has 0 aromatic carbocycles. The fourth-order valence-electron chi connectivity index (χ4n) is 0.388. The maximum Gasteiger partial charge on any atom is 0.314 e. The van der Waals surface area contributed by atoms with Crippen LogP contribution in [0.25, 0.3) is 0 Å². The van der Waals surface area contributed by atoms with Gasteiger partial charge in [-0.05, 0) is 0 Å². The van der Waals surface area contributed by atoms with Crippen molar-refractivity contribution in [2.45, 2.75) is 26.7 Å². The molecule has 22 heavy (non-hydrogen) atoms. The minimum atomic E-state index is -1.31. The van der Waals surface area contributed by atoms with E-state index in [1.54, 1.807) is 0 Å². The minimum Gasteiger partial charge on any atom is -0.481 e. The predicted molar refractivity (Wildman–Crippen MR) is 66.4 cm³/mol. The molecule has 12 nitrogen and oxygen atoms in total. The highest BCUT2D eigenvalue weighted by atomic mass is 16.4. The van der Waals surface area contributed by atoms with Crippen LogP contribution < -0.4 is 0 Å². The molecule has 0 aliphatic heterocycles. The van der Waals surface area contributed by atoms with Crippen molar-refractivity contribution in [1.29, 1.82) is 0 Å². The van der Waals surface area contributed by atoms with Crippen molar-refractivity contribution in [3.05, 3.63) is 0 Å². The van der Waals surface area contributed by atoms with Gasteiger partial charge in [0.25, 0.3) is 0 Å². The molecule has 0 aliphatic carbocycles. The monoisotopic (exact) mass is 328 g/mol. The average Bonchev–Trinajstić information content (AvgIpc) is 2.10. The van der Waals surface area contributed by atoms with Gasteiger partial charge in [0, 0.05) is 0 Å². The van der Waals surface area contributed by atoms with E-state index >= 15 is 0 Å². The molecule has 0 aliphatic rings. The summed E-state index contributed by atoms with van der Waals surface area (Å²) < 4.78 is 0. The lowest BCUT2D eigenvalue weighted by molar-refractivity contribution is -0.149. The molecule has 6 N–H and O–H groups in total. The summed E-state index contributed by atoms with van der Waals surface area (Å²) in [5.74, 6) is -7.88. The first-order chi connectivity index (χ1) is 9.38.